The van der Waals surface area contributed by atoms with E-state index >= 15 is 0 Å². The highest BCUT2D eigenvalue weighted by atomic mass is 16.5. The van der Waals surface area contributed by atoms with E-state index in [2.05, 4.69) is 26.0 Å². The van der Waals surface area contributed by atoms with Crippen LogP contribution in [0.1, 0.15) is 48.1 Å². The summed E-state index contributed by atoms with van der Waals surface area (Å²) in [5, 5.41) is 0. The van der Waals surface area contributed by atoms with Crippen molar-refractivity contribution < 1.29 is 18.4 Å². The van der Waals surface area contributed by atoms with E-state index in [1.54, 1.807) is 30.4 Å². The van der Waals surface area contributed by atoms with Crippen molar-refractivity contribution in [1.82, 2.24) is 4.90 Å². The summed E-state index contributed by atoms with van der Waals surface area (Å²) in [5.41, 5.74) is 1.25. The lowest BCUT2D eigenvalue weighted by atomic mass is 9.85. The van der Waals surface area contributed by atoms with Gasteiger partial charge in [-0.05, 0) is 60.2 Å². The molecule has 0 radical (unpaired) electrons. The SMILES string of the molecule is COc1ccc(C(CCN(Cc2ccco2)C(=O)c2ccco2)C(C)C)cc1. The number of methoxy groups -OCH3 is 1. The Labute approximate surface area is 165 Å². The Kier molecular flexibility index (Phi) is 6.58. The lowest BCUT2D eigenvalue weighted by Gasteiger charge is -2.26. The number of carbonyl (C=O) groups excluding carboxylic acids is 1. The quantitative estimate of drug-likeness (QED) is 0.501. The molecule has 0 saturated carbocycles. The van der Waals surface area contributed by atoms with Crippen LogP contribution < -0.4 is 4.74 Å². The molecule has 0 aliphatic carbocycles. The molecule has 148 valence electrons. The first kappa shape index (κ1) is 19.8. The summed E-state index contributed by atoms with van der Waals surface area (Å²) in [4.78, 5) is 14.7. The maximum absolute atomic E-state index is 12.9. The fourth-order valence-electron chi connectivity index (χ4n) is 3.43. The summed E-state index contributed by atoms with van der Waals surface area (Å²) in [6.07, 6.45) is 3.99. The average Bonchev–Trinajstić information content (AvgIpc) is 3.41. The van der Waals surface area contributed by atoms with Crippen LogP contribution in [0.4, 0.5) is 0 Å². The molecule has 1 unspecified atom stereocenters. The number of carbonyl (C=O) groups is 1. The first-order chi connectivity index (χ1) is 13.6. The van der Waals surface area contributed by atoms with Crippen LogP contribution in [0.15, 0.2) is 69.9 Å². The van der Waals surface area contributed by atoms with Crippen molar-refractivity contribution in [3.8, 4) is 5.75 Å². The van der Waals surface area contributed by atoms with Crippen molar-refractivity contribution in [2.24, 2.45) is 5.92 Å². The van der Waals surface area contributed by atoms with E-state index in [1.807, 2.05) is 24.3 Å². The van der Waals surface area contributed by atoms with Crippen molar-refractivity contribution in [3.05, 3.63) is 78.1 Å². The standard InChI is InChI=1S/C23H27NO4/c1-17(2)21(18-8-10-19(26-3)11-9-18)12-13-24(16-20-6-4-14-27-20)23(25)22-7-5-15-28-22/h4-11,14-15,17,21H,12-13,16H2,1-3H3. The van der Waals surface area contributed by atoms with Crippen molar-refractivity contribution in [1.29, 1.82) is 0 Å². The fourth-order valence-corrected chi connectivity index (χ4v) is 3.43. The molecule has 0 spiro atoms. The first-order valence-electron chi connectivity index (χ1n) is 9.57. The number of amides is 1. The molecule has 2 heterocycles. The summed E-state index contributed by atoms with van der Waals surface area (Å²) < 4.78 is 16.0. The Morgan fingerprint density at radius 2 is 1.75 bits per heavy atom. The maximum Gasteiger partial charge on any atom is 0.289 e. The average molecular weight is 381 g/mol. The van der Waals surface area contributed by atoms with E-state index < -0.39 is 0 Å². The minimum Gasteiger partial charge on any atom is -0.497 e. The maximum atomic E-state index is 12.9. The molecule has 3 rings (SSSR count). The van der Waals surface area contributed by atoms with Gasteiger partial charge in [-0.2, -0.15) is 0 Å². The first-order valence-corrected chi connectivity index (χ1v) is 9.57. The predicted octanol–water partition coefficient (Wildman–Crippen LogP) is 5.35. The molecular weight excluding hydrogens is 354 g/mol. The zero-order valence-electron chi connectivity index (χ0n) is 16.6. The molecule has 1 aromatic carbocycles. The summed E-state index contributed by atoms with van der Waals surface area (Å²) >= 11 is 0. The normalized spacial score (nSPS) is 12.1. The molecule has 1 atom stereocenters. The van der Waals surface area contributed by atoms with Crippen LogP contribution in [0.5, 0.6) is 5.75 Å². The highest BCUT2D eigenvalue weighted by molar-refractivity contribution is 5.91. The molecule has 0 aliphatic heterocycles. The van der Waals surface area contributed by atoms with Gasteiger partial charge < -0.3 is 18.5 Å². The van der Waals surface area contributed by atoms with Gasteiger partial charge in [0.25, 0.3) is 5.91 Å². The van der Waals surface area contributed by atoms with Gasteiger partial charge in [-0.15, -0.1) is 0 Å². The van der Waals surface area contributed by atoms with Gasteiger partial charge in [0.05, 0.1) is 26.2 Å². The summed E-state index contributed by atoms with van der Waals surface area (Å²) in [6, 6.07) is 15.3. The van der Waals surface area contributed by atoms with E-state index in [0.717, 1.165) is 17.9 Å². The van der Waals surface area contributed by atoms with Crippen LogP contribution >= 0.6 is 0 Å². The topological polar surface area (TPSA) is 55.8 Å². The van der Waals surface area contributed by atoms with E-state index in [4.69, 9.17) is 13.6 Å². The van der Waals surface area contributed by atoms with Crippen molar-refractivity contribution in [2.75, 3.05) is 13.7 Å². The molecule has 5 heteroatoms. The van der Waals surface area contributed by atoms with Crippen molar-refractivity contribution in [2.45, 2.75) is 32.7 Å². The Morgan fingerprint density at radius 3 is 2.32 bits per heavy atom. The third kappa shape index (κ3) is 4.85. The third-order valence-electron chi connectivity index (χ3n) is 5.00. The molecule has 2 aromatic heterocycles. The number of hydrogen-bond acceptors (Lipinski definition) is 4. The van der Waals surface area contributed by atoms with Crippen LogP contribution in [-0.2, 0) is 6.54 Å². The molecule has 0 aliphatic rings. The van der Waals surface area contributed by atoms with Crippen LogP contribution in [0, 0.1) is 5.92 Å². The van der Waals surface area contributed by atoms with Gasteiger partial charge in [-0.3, -0.25) is 4.79 Å². The number of furan rings is 2. The lowest BCUT2D eigenvalue weighted by molar-refractivity contribution is 0.0690. The van der Waals surface area contributed by atoms with Crippen molar-refractivity contribution >= 4 is 5.91 Å². The summed E-state index contributed by atoms with van der Waals surface area (Å²) in [6.45, 7) is 5.44. The molecule has 3 aromatic rings. The second-order valence-corrected chi connectivity index (χ2v) is 7.20. The zero-order chi connectivity index (χ0) is 19.9. The number of ether oxygens (including phenoxy) is 1. The highest BCUT2D eigenvalue weighted by Gasteiger charge is 2.23. The van der Waals surface area contributed by atoms with Crippen molar-refractivity contribution in [3.63, 3.8) is 0 Å². The van der Waals surface area contributed by atoms with E-state index in [0.29, 0.717) is 30.7 Å². The number of hydrogen-bond donors (Lipinski definition) is 0. The Morgan fingerprint density at radius 1 is 1.04 bits per heavy atom. The second kappa shape index (κ2) is 9.31. The van der Waals surface area contributed by atoms with Gasteiger partial charge >= 0.3 is 0 Å². The van der Waals surface area contributed by atoms with Gasteiger partial charge in [0.2, 0.25) is 0 Å². The van der Waals surface area contributed by atoms with Crippen LogP contribution in [-0.4, -0.2) is 24.5 Å². The summed E-state index contributed by atoms with van der Waals surface area (Å²) in [5.74, 6) is 2.59. The van der Waals surface area contributed by atoms with Gasteiger partial charge in [0, 0.05) is 6.54 Å². The Hall–Kier alpha value is -2.95. The van der Waals surface area contributed by atoms with Gasteiger partial charge in [0.15, 0.2) is 5.76 Å². The smallest absolute Gasteiger partial charge is 0.289 e. The molecule has 1 amide bonds. The Bertz CT molecular complexity index is 835. The monoisotopic (exact) mass is 381 g/mol. The molecule has 5 nitrogen and oxygen atoms in total. The second-order valence-electron chi connectivity index (χ2n) is 7.20. The minimum absolute atomic E-state index is 0.126. The Balaban J connectivity index is 1.75. The number of rotatable bonds is 9. The van der Waals surface area contributed by atoms with Gasteiger partial charge in [-0.25, -0.2) is 0 Å². The largest absolute Gasteiger partial charge is 0.497 e. The third-order valence-corrected chi connectivity index (χ3v) is 5.00. The molecular formula is C23H27NO4. The minimum atomic E-state index is -0.126. The number of nitrogens with zero attached hydrogens (tertiary/aromatic N) is 1. The van der Waals surface area contributed by atoms with Crippen LogP contribution in [0.3, 0.4) is 0 Å². The lowest BCUT2D eigenvalue weighted by Crippen LogP contribution is -2.32. The van der Waals surface area contributed by atoms with E-state index in [1.165, 1.54) is 11.8 Å². The molecule has 28 heavy (non-hydrogen) atoms. The zero-order valence-corrected chi connectivity index (χ0v) is 16.6. The predicted molar refractivity (Wildman–Crippen MR) is 107 cm³/mol. The van der Waals surface area contributed by atoms with E-state index in [-0.39, 0.29) is 5.91 Å². The molecule has 0 fully saturated rings. The van der Waals surface area contributed by atoms with Crippen LogP contribution in [0.25, 0.3) is 0 Å². The van der Waals surface area contributed by atoms with Gasteiger partial charge in [-0.1, -0.05) is 26.0 Å². The van der Waals surface area contributed by atoms with E-state index in [9.17, 15) is 4.79 Å². The molecule has 0 bridgehead atoms. The van der Waals surface area contributed by atoms with Gasteiger partial charge in [0.1, 0.15) is 11.5 Å². The molecule has 0 N–H and O–H groups in total. The highest BCUT2D eigenvalue weighted by Crippen LogP contribution is 2.30. The number of benzene rings is 1. The fraction of sp³-hybridized carbons (Fsp3) is 0.348. The summed E-state index contributed by atoms with van der Waals surface area (Å²) in [7, 11) is 1.67. The molecule has 0 saturated heterocycles. The van der Waals surface area contributed by atoms with Crippen LogP contribution in [0.2, 0.25) is 0 Å².